The number of phenolic OH excluding ortho intramolecular Hbond substituents is 1. The lowest BCUT2D eigenvalue weighted by molar-refractivity contribution is -0.129. The van der Waals surface area contributed by atoms with Gasteiger partial charge in [-0.25, -0.2) is 0 Å². The summed E-state index contributed by atoms with van der Waals surface area (Å²) in [6, 6.07) is 4.11. The molecule has 0 radical (unpaired) electrons. The van der Waals surface area contributed by atoms with Crippen LogP contribution < -0.4 is 10.1 Å². The zero-order valence-electron chi connectivity index (χ0n) is 10.6. The van der Waals surface area contributed by atoms with E-state index in [4.69, 9.17) is 4.74 Å². The van der Waals surface area contributed by atoms with Gasteiger partial charge < -0.3 is 14.9 Å². The Labute approximate surface area is 108 Å². The van der Waals surface area contributed by atoms with E-state index >= 15 is 0 Å². The van der Waals surface area contributed by atoms with Crippen LogP contribution in [-0.2, 0) is 5.54 Å². The molecular weight excluding hydrogens is 263 g/mol. The highest BCUT2D eigenvalue weighted by Gasteiger charge is 2.33. The largest absolute Gasteiger partial charge is 0.504 e. The maximum Gasteiger partial charge on any atom is 0.401 e. The molecule has 1 atom stereocenters. The summed E-state index contributed by atoms with van der Waals surface area (Å²) in [5.74, 6) is 0.00773. The summed E-state index contributed by atoms with van der Waals surface area (Å²) >= 11 is 0. The van der Waals surface area contributed by atoms with Gasteiger partial charge in [0.1, 0.15) is 0 Å². The average molecular weight is 279 g/mol. The predicted molar refractivity (Wildman–Crippen MR) is 63.2 cm³/mol. The second-order valence-electron chi connectivity index (χ2n) is 4.35. The number of aliphatic hydroxyl groups excluding tert-OH is 1. The van der Waals surface area contributed by atoms with Gasteiger partial charge in [0, 0.05) is 0 Å². The molecule has 19 heavy (non-hydrogen) atoms. The van der Waals surface area contributed by atoms with Gasteiger partial charge in [0.2, 0.25) is 0 Å². The van der Waals surface area contributed by atoms with Crippen molar-refractivity contribution in [1.29, 1.82) is 0 Å². The number of alkyl halides is 3. The molecule has 1 aromatic rings. The van der Waals surface area contributed by atoms with E-state index in [0.717, 1.165) is 0 Å². The molecule has 108 valence electrons. The first-order valence-corrected chi connectivity index (χ1v) is 5.52. The van der Waals surface area contributed by atoms with Crippen molar-refractivity contribution in [2.45, 2.75) is 18.6 Å². The first-order chi connectivity index (χ1) is 8.72. The molecule has 7 heteroatoms. The Morgan fingerprint density at radius 1 is 1.32 bits per heavy atom. The molecular formula is C12H16F3NO3. The SMILES string of the molecule is COc1cc(C(C)(CO)NCC(F)(F)F)ccc1O. The minimum atomic E-state index is -4.38. The highest BCUT2D eigenvalue weighted by Crippen LogP contribution is 2.31. The molecule has 0 spiro atoms. The topological polar surface area (TPSA) is 61.7 Å². The lowest BCUT2D eigenvalue weighted by atomic mass is 9.92. The summed E-state index contributed by atoms with van der Waals surface area (Å²) in [5.41, 5.74) is -0.898. The smallest absolute Gasteiger partial charge is 0.401 e. The lowest BCUT2D eigenvalue weighted by Gasteiger charge is -2.30. The van der Waals surface area contributed by atoms with Gasteiger partial charge in [-0.1, -0.05) is 6.07 Å². The summed E-state index contributed by atoms with van der Waals surface area (Å²) in [6.45, 7) is -0.325. The van der Waals surface area contributed by atoms with Crippen molar-refractivity contribution < 1.29 is 28.1 Å². The third kappa shape index (κ3) is 4.00. The van der Waals surface area contributed by atoms with Crippen LogP contribution in [0.1, 0.15) is 12.5 Å². The Morgan fingerprint density at radius 3 is 2.42 bits per heavy atom. The number of aromatic hydroxyl groups is 1. The Bertz CT molecular complexity index is 437. The van der Waals surface area contributed by atoms with Crippen molar-refractivity contribution >= 4 is 0 Å². The van der Waals surface area contributed by atoms with Gasteiger partial charge in [0.05, 0.1) is 25.8 Å². The predicted octanol–water partition coefficient (Wildman–Crippen LogP) is 1.76. The number of rotatable bonds is 5. The van der Waals surface area contributed by atoms with E-state index in [1.165, 1.54) is 32.2 Å². The number of benzene rings is 1. The molecule has 3 N–H and O–H groups in total. The van der Waals surface area contributed by atoms with Gasteiger partial charge in [-0.2, -0.15) is 13.2 Å². The van der Waals surface area contributed by atoms with Crippen molar-refractivity contribution in [3.63, 3.8) is 0 Å². The number of phenols is 1. The van der Waals surface area contributed by atoms with Gasteiger partial charge in [-0.15, -0.1) is 0 Å². The molecule has 1 rings (SSSR count). The van der Waals surface area contributed by atoms with Gasteiger partial charge in [-0.3, -0.25) is 5.32 Å². The van der Waals surface area contributed by atoms with Crippen LogP contribution in [0.15, 0.2) is 18.2 Å². The maximum absolute atomic E-state index is 12.2. The van der Waals surface area contributed by atoms with Crippen LogP contribution >= 0.6 is 0 Å². The summed E-state index contributed by atoms with van der Waals surface area (Å²) in [7, 11) is 1.33. The quantitative estimate of drug-likeness (QED) is 0.768. The second-order valence-corrected chi connectivity index (χ2v) is 4.35. The molecule has 0 aliphatic heterocycles. The number of ether oxygens (including phenoxy) is 1. The fourth-order valence-corrected chi connectivity index (χ4v) is 1.57. The van der Waals surface area contributed by atoms with E-state index in [-0.39, 0.29) is 11.5 Å². The zero-order chi connectivity index (χ0) is 14.7. The van der Waals surface area contributed by atoms with Crippen LogP contribution in [-0.4, -0.2) is 36.7 Å². The third-order valence-corrected chi connectivity index (χ3v) is 2.81. The van der Waals surface area contributed by atoms with E-state index < -0.39 is 24.9 Å². The zero-order valence-corrected chi connectivity index (χ0v) is 10.6. The molecule has 1 unspecified atom stereocenters. The van der Waals surface area contributed by atoms with Gasteiger partial charge in [-0.05, 0) is 24.6 Å². The lowest BCUT2D eigenvalue weighted by Crippen LogP contribution is -2.47. The standard InChI is InChI=1S/C12H16F3NO3/c1-11(7-17,16-6-12(13,14)15)8-3-4-9(18)10(5-8)19-2/h3-5,16-18H,6-7H2,1-2H3. The number of methoxy groups -OCH3 is 1. The number of nitrogens with one attached hydrogen (secondary N) is 1. The molecule has 0 aromatic heterocycles. The number of halogens is 3. The summed E-state index contributed by atoms with van der Waals surface area (Å²) in [4.78, 5) is 0. The number of hydrogen-bond donors (Lipinski definition) is 3. The fourth-order valence-electron chi connectivity index (χ4n) is 1.57. The van der Waals surface area contributed by atoms with Crippen LogP contribution in [0, 0.1) is 0 Å². The van der Waals surface area contributed by atoms with Crippen molar-refractivity contribution in [2.24, 2.45) is 0 Å². The van der Waals surface area contributed by atoms with Crippen LogP contribution in [0.5, 0.6) is 11.5 Å². The van der Waals surface area contributed by atoms with E-state index in [2.05, 4.69) is 5.32 Å². The van der Waals surface area contributed by atoms with Crippen molar-refractivity contribution in [3.8, 4) is 11.5 Å². The van der Waals surface area contributed by atoms with E-state index in [9.17, 15) is 23.4 Å². The Hall–Kier alpha value is -1.47. The Morgan fingerprint density at radius 2 is 1.95 bits per heavy atom. The summed E-state index contributed by atoms with van der Waals surface area (Å²) < 4.78 is 41.6. The monoisotopic (exact) mass is 279 g/mol. The molecule has 4 nitrogen and oxygen atoms in total. The van der Waals surface area contributed by atoms with Crippen molar-refractivity contribution in [2.75, 3.05) is 20.3 Å². The van der Waals surface area contributed by atoms with E-state index in [1.807, 2.05) is 0 Å². The van der Waals surface area contributed by atoms with Crippen LogP contribution in [0.2, 0.25) is 0 Å². The van der Waals surface area contributed by atoms with Crippen LogP contribution in [0.4, 0.5) is 13.2 Å². The number of hydrogen-bond acceptors (Lipinski definition) is 4. The van der Waals surface area contributed by atoms with Crippen LogP contribution in [0.25, 0.3) is 0 Å². The molecule has 0 amide bonds. The van der Waals surface area contributed by atoms with Crippen molar-refractivity contribution in [3.05, 3.63) is 23.8 Å². The van der Waals surface area contributed by atoms with Gasteiger partial charge in [0.25, 0.3) is 0 Å². The maximum atomic E-state index is 12.2. The average Bonchev–Trinajstić information content (AvgIpc) is 2.35. The first-order valence-electron chi connectivity index (χ1n) is 5.52. The molecule has 0 bridgehead atoms. The van der Waals surface area contributed by atoms with Gasteiger partial charge >= 0.3 is 6.18 Å². The minimum absolute atomic E-state index is 0.123. The minimum Gasteiger partial charge on any atom is -0.504 e. The highest BCUT2D eigenvalue weighted by atomic mass is 19.4. The van der Waals surface area contributed by atoms with E-state index in [1.54, 1.807) is 0 Å². The first kappa shape index (κ1) is 15.6. The van der Waals surface area contributed by atoms with Crippen molar-refractivity contribution in [1.82, 2.24) is 5.32 Å². The van der Waals surface area contributed by atoms with Gasteiger partial charge in [0.15, 0.2) is 11.5 Å². The molecule has 0 saturated carbocycles. The highest BCUT2D eigenvalue weighted by molar-refractivity contribution is 5.44. The summed E-state index contributed by atoms with van der Waals surface area (Å²) in [6.07, 6.45) is -4.38. The van der Waals surface area contributed by atoms with E-state index in [0.29, 0.717) is 5.56 Å². The molecule has 0 aliphatic carbocycles. The number of aliphatic hydroxyl groups is 1. The molecule has 0 heterocycles. The Balaban J connectivity index is 3.01. The third-order valence-electron chi connectivity index (χ3n) is 2.81. The fraction of sp³-hybridized carbons (Fsp3) is 0.500. The molecule has 0 aliphatic rings. The van der Waals surface area contributed by atoms with Crippen LogP contribution in [0.3, 0.4) is 0 Å². The molecule has 0 fully saturated rings. The Kier molecular flexibility index (Phi) is 4.65. The molecule has 1 aromatic carbocycles. The second kappa shape index (κ2) is 5.66. The molecule has 0 saturated heterocycles. The summed E-state index contributed by atoms with van der Waals surface area (Å²) in [5, 5.41) is 21.0. The normalized spacial score (nSPS) is 15.1.